The highest BCUT2D eigenvalue weighted by molar-refractivity contribution is 5.96. The highest BCUT2D eigenvalue weighted by atomic mass is 19.1. The molecule has 0 aromatic heterocycles. The van der Waals surface area contributed by atoms with Crippen LogP contribution in [-0.4, -0.2) is 30.8 Å². The predicted octanol–water partition coefficient (Wildman–Crippen LogP) is 1.58. The average Bonchev–Trinajstić information content (AvgIpc) is 2.38. The number of benzene rings is 1. The largest absolute Gasteiger partial charge is 0.490 e. The quantitative estimate of drug-likeness (QED) is 0.811. The van der Waals surface area contributed by atoms with Crippen LogP contribution in [0.2, 0.25) is 0 Å². The number of hydrogen-bond donors (Lipinski definition) is 2. The molecule has 0 fully saturated rings. The molecule has 0 heterocycles. The van der Waals surface area contributed by atoms with Gasteiger partial charge in [-0.05, 0) is 25.0 Å². The first kappa shape index (κ1) is 14.4. The van der Waals surface area contributed by atoms with Gasteiger partial charge in [-0.3, -0.25) is 4.79 Å². The van der Waals surface area contributed by atoms with Crippen molar-refractivity contribution in [3.63, 3.8) is 0 Å². The van der Waals surface area contributed by atoms with Crippen molar-refractivity contribution in [2.24, 2.45) is 5.92 Å². The molecule has 1 atom stereocenters. The topological polar surface area (TPSA) is 58.6 Å². The predicted molar refractivity (Wildman–Crippen MR) is 66.2 cm³/mol. The number of hydrogen-bond acceptors (Lipinski definition) is 3. The van der Waals surface area contributed by atoms with E-state index < -0.39 is 11.7 Å². The lowest BCUT2D eigenvalue weighted by atomic mass is 10.1. The minimum atomic E-state index is -0.556. The highest BCUT2D eigenvalue weighted by Crippen LogP contribution is 2.22. The third-order valence-electron chi connectivity index (χ3n) is 2.42. The summed E-state index contributed by atoms with van der Waals surface area (Å²) in [5, 5.41) is 11.5. The number of carbonyl (C=O) groups is 1. The van der Waals surface area contributed by atoms with Gasteiger partial charge in [0.2, 0.25) is 0 Å². The summed E-state index contributed by atoms with van der Waals surface area (Å²) in [5.74, 6) is -1.04. The summed E-state index contributed by atoms with van der Waals surface area (Å²) in [4.78, 5) is 11.9. The SMILES string of the molecule is CCOc1c(F)cccc1C(=O)NCC(C)CO. The monoisotopic (exact) mass is 255 g/mol. The van der Waals surface area contributed by atoms with E-state index in [9.17, 15) is 9.18 Å². The number of halogens is 1. The van der Waals surface area contributed by atoms with Crippen molar-refractivity contribution in [2.75, 3.05) is 19.8 Å². The van der Waals surface area contributed by atoms with Gasteiger partial charge in [-0.2, -0.15) is 0 Å². The van der Waals surface area contributed by atoms with E-state index in [1.54, 1.807) is 13.8 Å². The summed E-state index contributed by atoms with van der Waals surface area (Å²) >= 11 is 0. The molecular weight excluding hydrogens is 237 g/mol. The van der Waals surface area contributed by atoms with E-state index in [1.165, 1.54) is 18.2 Å². The van der Waals surface area contributed by atoms with E-state index in [-0.39, 0.29) is 30.4 Å². The Morgan fingerprint density at radius 2 is 2.28 bits per heavy atom. The molecule has 0 aliphatic heterocycles. The molecule has 0 aliphatic carbocycles. The second-order valence-corrected chi connectivity index (χ2v) is 4.05. The molecule has 0 saturated heterocycles. The molecule has 1 amide bonds. The van der Waals surface area contributed by atoms with E-state index in [1.807, 2.05) is 0 Å². The molecule has 0 spiro atoms. The van der Waals surface area contributed by atoms with Crippen LogP contribution in [0.1, 0.15) is 24.2 Å². The number of carbonyl (C=O) groups excluding carboxylic acids is 1. The van der Waals surface area contributed by atoms with Crippen LogP contribution in [0.15, 0.2) is 18.2 Å². The maximum Gasteiger partial charge on any atom is 0.255 e. The normalized spacial score (nSPS) is 12.0. The Bertz CT molecular complexity index is 409. The summed E-state index contributed by atoms with van der Waals surface area (Å²) in [6.07, 6.45) is 0. The first-order chi connectivity index (χ1) is 8.60. The fourth-order valence-corrected chi connectivity index (χ4v) is 1.41. The molecule has 4 nitrogen and oxygen atoms in total. The molecule has 0 radical (unpaired) electrons. The Morgan fingerprint density at radius 1 is 1.56 bits per heavy atom. The number of aliphatic hydroxyl groups excluding tert-OH is 1. The van der Waals surface area contributed by atoms with Crippen molar-refractivity contribution in [1.82, 2.24) is 5.32 Å². The lowest BCUT2D eigenvalue weighted by Crippen LogP contribution is -2.30. The molecule has 1 rings (SSSR count). The molecule has 0 saturated carbocycles. The molecule has 18 heavy (non-hydrogen) atoms. The van der Waals surface area contributed by atoms with Crippen molar-refractivity contribution in [1.29, 1.82) is 0 Å². The van der Waals surface area contributed by atoms with Gasteiger partial charge < -0.3 is 15.2 Å². The third kappa shape index (κ3) is 3.70. The second kappa shape index (κ2) is 6.96. The van der Waals surface area contributed by atoms with Crippen molar-refractivity contribution < 1.29 is 19.0 Å². The average molecular weight is 255 g/mol. The van der Waals surface area contributed by atoms with E-state index >= 15 is 0 Å². The van der Waals surface area contributed by atoms with Crippen LogP contribution in [0, 0.1) is 11.7 Å². The van der Waals surface area contributed by atoms with Gasteiger partial charge in [-0.25, -0.2) is 4.39 Å². The fourth-order valence-electron chi connectivity index (χ4n) is 1.41. The van der Waals surface area contributed by atoms with Crippen LogP contribution in [0.4, 0.5) is 4.39 Å². The van der Waals surface area contributed by atoms with Crippen LogP contribution in [0.5, 0.6) is 5.75 Å². The Labute approximate surface area is 106 Å². The van der Waals surface area contributed by atoms with Crippen LogP contribution in [0.25, 0.3) is 0 Å². The maximum atomic E-state index is 13.5. The Balaban J connectivity index is 2.81. The minimum Gasteiger partial charge on any atom is -0.490 e. The van der Waals surface area contributed by atoms with Crippen molar-refractivity contribution in [2.45, 2.75) is 13.8 Å². The highest BCUT2D eigenvalue weighted by Gasteiger charge is 2.16. The number of nitrogens with one attached hydrogen (secondary N) is 1. The molecule has 2 N–H and O–H groups in total. The van der Waals surface area contributed by atoms with Gasteiger partial charge in [0.05, 0.1) is 12.2 Å². The smallest absolute Gasteiger partial charge is 0.255 e. The number of amides is 1. The van der Waals surface area contributed by atoms with Gasteiger partial charge in [0.15, 0.2) is 11.6 Å². The van der Waals surface area contributed by atoms with Gasteiger partial charge in [-0.15, -0.1) is 0 Å². The van der Waals surface area contributed by atoms with Gasteiger partial charge >= 0.3 is 0 Å². The number of rotatable bonds is 6. The summed E-state index contributed by atoms with van der Waals surface area (Å²) in [7, 11) is 0. The third-order valence-corrected chi connectivity index (χ3v) is 2.42. The summed E-state index contributed by atoms with van der Waals surface area (Å²) in [5.41, 5.74) is 0.169. The molecule has 1 unspecified atom stereocenters. The Hall–Kier alpha value is -1.62. The zero-order valence-electron chi connectivity index (χ0n) is 10.6. The summed E-state index contributed by atoms with van der Waals surface area (Å²) < 4.78 is 18.7. The number of aliphatic hydroxyl groups is 1. The number of ether oxygens (including phenoxy) is 1. The summed E-state index contributed by atoms with van der Waals surface area (Å²) in [6.45, 7) is 4.13. The molecule has 1 aromatic rings. The number of para-hydroxylation sites is 1. The van der Waals surface area contributed by atoms with Crippen LogP contribution in [0.3, 0.4) is 0 Å². The molecule has 0 aliphatic rings. The minimum absolute atomic E-state index is 0.0122. The van der Waals surface area contributed by atoms with E-state index in [0.717, 1.165) is 0 Å². The first-order valence-corrected chi connectivity index (χ1v) is 5.90. The van der Waals surface area contributed by atoms with Crippen molar-refractivity contribution >= 4 is 5.91 Å². The van der Waals surface area contributed by atoms with E-state index in [4.69, 9.17) is 9.84 Å². The Kier molecular flexibility index (Phi) is 5.58. The molecular formula is C13H18FNO3. The van der Waals surface area contributed by atoms with Gasteiger partial charge in [0.25, 0.3) is 5.91 Å². The van der Waals surface area contributed by atoms with Gasteiger partial charge in [0.1, 0.15) is 0 Å². The van der Waals surface area contributed by atoms with E-state index in [0.29, 0.717) is 6.54 Å². The van der Waals surface area contributed by atoms with Crippen LogP contribution in [-0.2, 0) is 0 Å². The van der Waals surface area contributed by atoms with Gasteiger partial charge in [0, 0.05) is 13.2 Å². The zero-order chi connectivity index (χ0) is 13.5. The van der Waals surface area contributed by atoms with E-state index in [2.05, 4.69) is 5.32 Å². The fraction of sp³-hybridized carbons (Fsp3) is 0.462. The maximum absolute atomic E-state index is 13.5. The van der Waals surface area contributed by atoms with Crippen LogP contribution >= 0.6 is 0 Å². The van der Waals surface area contributed by atoms with Crippen molar-refractivity contribution in [3.8, 4) is 5.75 Å². The molecule has 5 heteroatoms. The standard InChI is InChI=1S/C13H18FNO3/c1-3-18-12-10(5-4-6-11(12)14)13(17)15-7-9(2)8-16/h4-6,9,16H,3,7-8H2,1-2H3,(H,15,17). The lowest BCUT2D eigenvalue weighted by Gasteiger charge is -2.13. The Morgan fingerprint density at radius 3 is 2.89 bits per heavy atom. The summed E-state index contributed by atoms with van der Waals surface area (Å²) in [6, 6.07) is 4.22. The van der Waals surface area contributed by atoms with Gasteiger partial charge in [-0.1, -0.05) is 13.0 Å². The molecule has 100 valence electrons. The molecule has 0 bridgehead atoms. The molecule has 1 aromatic carbocycles. The first-order valence-electron chi connectivity index (χ1n) is 5.90. The van der Waals surface area contributed by atoms with Crippen LogP contribution < -0.4 is 10.1 Å². The van der Waals surface area contributed by atoms with Crippen molar-refractivity contribution in [3.05, 3.63) is 29.6 Å². The lowest BCUT2D eigenvalue weighted by molar-refractivity contribution is 0.0937. The zero-order valence-corrected chi connectivity index (χ0v) is 10.6. The second-order valence-electron chi connectivity index (χ2n) is 4.05.